The zero-order valence-electron chi connectivity index (χ0n) is 28.2. The van der Waals surface area contributed by atoms with Crippen molar-refractivity contribution in [3.05, 3.63) is 18.2 Å². The second-order valence-electron chi connectivity index (χ2n) is 13.2. The van der Waals surface area contributed by atoms with E-state index in [2.05, 4.69) is 42.4 Å². The highest BCUT2D eigenvalue weighted by atomic mass is 15.1. The highest BCUT2D eigenvalue weighted by Crippen LogP contribution is 2.15. The molecule has 0 bridgehead atoms. The van der Waals surface area contributed by atoms with E-state index in [0.717, 1.165) is 0 Å². The third-order valence-electron chi connectivity index (χ3n) is 9.22. The van der Waals surface area contributed by atoms with Crippen LogP contribution in [-0.2, 0) is 20.0 Å². The van der Waals surface area contributed by atoms with Gasteiger partial charge in [0.2, 0.25) is 0 Å². The number of hydrogen-bond acceptors (Lipinski definition) is 0. The minimum atomic E-state index is 1.22. The van der Waals surface area contributed by atoms with Crippen LogP contribution >= 0.6 is 0 Å². The lowest BCUT2D eigenvalue weighted by atomic mass is 10.0. The van der Waals surface area contributed by atoms with E-state index in [4.69, 9.17) is 0 Å². The van der Waals surface area contributed by atoms with Gasteiger partial charge in [-0.3, -0.25) is 0 Å². The monoisotopic (exact) mass is 560 g/mol. The van der Waals surface area contributed by atoms with Crippen LogP contribution in [0.25, 0.3) is 0 Å². The summed E-state index contributed by atoms with van der Waals surface area (Å²) in [6.07, 6.45) is 49.1. The standard InChI is InChI=1S/C38H75N2/c1-4-6-8-10-12-14-16-18-20-21-23-25-27-29-31-33-35-40-37-36-39(3)38(40)34-32-30-28-26-24-22-19-17-15-13-11-9-7-5-2/h36-37H,4-35H2,1-3H3/q+1. The van der Waals surface area contributed by atoms with E-state index in [1.807, 2.05) is 0 Å². The lowest BCUT2D eigenvalue weighted by Gasteiger charge is -2.05. The Hall–Kier alpha value is -0.790. The van der Waals surface area contributed by atoms with Crippen molar-refractivity contribution in [3.63, 3.8) is 0 Å². The Morgan fingerprint density at radius 1 is 0.425 bits per heavy atom. The van der Waals surface area contributed by atoms with Gasteiger partial charge in [-0.05, 0) is 19.3 Å². The molecule has 1 aromatic heterocycles. The molecule has 0 amide bonds. The molecule has 0 unspecified atom stereocenters. The fraction of sp³-hybridized carbons (Fsp3) is 0.921. The molecule has 236 valence electrons. The summed E-state index contributed by atoms with van der Waals surface area (Å²) in [4.78, 5) is 0. The molecule has 2 nitrogen and oxygen atoms in total. The molecule has 0 aliphatic carbocycles. The van der Waals surface area contributed by atoms with Crippen molar-refractivity contribution in [1.82, 2.24) is 4.57 Å². The van der Waals surface area contributed by atoms with Gasteiger partial charge in [0.1, 0.15) is 12.4 Å². The maximum Gasteiger partial charge on any atom is 0.256 e. The molecule has 0 atom stereocenters. The first-order chi connectivity index (χ1) is 19.8. The second-order valence-corrected chi connectivity index (χ2v) is 13.2. The first-order valence-electron chi connectivity index (χ1n) is 18.8. The minimum Gasteiger partial charge on any atom is -0.237 e. The Morgan fingerprint density at radius 2 is 0.725 bits per heavy atom. The van der Waals surface area contributed by atoms with E-state index in [9.17, 15) is 0 Å². The topological polar surface area (TPSA) is 8.81 Å². The van der Waals surface area contributed by atoms with Crippen molar-refractivity contribution in [2.45, 2.75) is 219 Å². The number of aryl methyl sites for hydroxylation is 2. The van der Waals surface area contributed by atoms with Crippen LogP contribution in [0.15, 0.2) is 12.4 Å². The molecule has 0 fully saturated rings. The summed E-state index contributed by atoms with van der Waals surface area (Å²) in [5.41, 5.74) is 0. The van der Waals surface area contributed by atoms with Gasteiger partial charge in [-0.2, -0.15) is 0 Å². The van der Waals surface area contributed by atoms with E-state index in [0.29, 0.717) is 0 Å². The highest BCUT2D eigenvalue weighted by Gasteiger charge is 2.13. The molecule has 40 heavy (non-hydrogen) atoms. The molecule has 0 saturated heterocycles. The molecule has 1 aromatic rings. The molecule has 1 rings (SSSR count). The van der Waals surface area contributed by atoms with Crippen LogP contribution in [0.3, 0.4) is 0 Å². The molecule has 0 aromatic carbocycles. The summed E-state index contributed by atoms with van der Waals surface area (Å²) in [6, 6.07) is 0. The van der Waals surface area contributed by atoms with Crippen LogP contribution in [-0.4, -0.2) is 4.57 Å². The van der Waals surface area contributed by atoms with E-state index >= 15 is 0 Å². The highest BCUT2D eigenvalue weighted by molar-refractivity contribution is 4.82. The molecule has 0 aliphatic rings. The predicted molar refractivity (Wildman–Crippen MR) is 179 cm³/mol. The van der Waals surface area contributed by atoms with Gasteiger partial charge in [0.25, 0.3) is 5.82 Å². The van der Waals surface area contributed by atoms with Gasteiger partial charge < -0.3 is 0 Å². The van der Waals surface area contributed by atoms with Crippen molar-refractivity contribution in [2.24, 2.45) is 7.05 Å². The lowest BCUT2D eigenvalue weighted by molar-refractivity contribution is -0.704. The average molecular weight is 560 g/mol. The Morgan fingerprint density at radius 3 is 1.07 bits per heavy atom. The minimum absolute atomic E-state index is 1.22. The average Bonchev–Trinajstić information content (AvgIpc) is 3.31. The SMILES string of the molecule is CCCCCCCCCCCCCCCCCC[n+]1ccn(C)c1CCCCCCCCCCCCCCCC. The van der Waals surface area contributed by atoms with Crippen molar-refractivity contribution in [2.75, 3.05) is 0 Å². The molecule has 0 aliphatic heterocycles. The number of aromatic nitrogens is 2. The van der Waals surface area contributed by atoms with Crippen LogP contribution in [0.1, 0.15) is 212 Å². The fourth-order valence-electron chi connectivity index (χ4n) is 6.39. The number of nitrogens with zero attached hydrogens (tertiary/aromatic N) is 2. The van der Waals surface area contributed by atoms with Gasteiger partial charge in [-0.25, -0.2) is 9.13 Å². The quantitative estimate of drug-likeness (QED) is 0.0613. The van der Waals surface area contributed by atoms with E-state index in [1.165, 1.54) is 206 Å². The molecule has 0 spiro atoms. The molecular weight excluding hydrogens is 484 g/mol. The first-order valence-corrected chi connectivity index (χ1v) is 18.8. The van der Waals surface area contributed by atoms with Crippen LogP contribution in [0, 0.1) is 0 Å². The van der Waals surface area contributed by atoms with Crippen molar-refractivity contribution in [1.29, 1.82) is 0 Å². The van der Waals surface area contributed by atoms with Crippen molar-refractivity contribution < 1.29 is 4.57 Å². The zero-order chi connectivity index (χ0) is 28.8. The van der Waals surface area contributed by atoms with Crippen LogP contribution in [0.5, 0.6) is 0 Å². The third kappa shape index (κ3) is 22.8. The van der Waals surface area contributed by atoms with Crippen LogP contribution in [0.2, 0.25) is 0 Å². The smallest absolute Gasteiger partial charge is 0.237 e. The summed E-state index contributed by atoms with van der Waals surface area (Å²) in [5.74, 6) is 1.54. The van der Waals surface area contributed by atoms with E-state index in [1.54, 1.807) is 5.82 Å². The summed E-state index contributed by atoms with van der Waals surface area (Å²) in [7, 11) is 2.24. The van der Waals surface area contributed by atoms with Crippen LogP contribution < -0.4 is 4.57 Å². The van der Waals surface area contributed by atoms with E-state index < -0.39 is 0 Å². The number of hydrogen-bond donors (Lipinski definition) is 0. The molecule has 0 saturated carbocycles. The zero-order valence-corrected chi connectivity index (χ0v) is 28.2. The third-order valence-corrected chi connectivity index (χ3v) is 9.22. The molecular formula is C38H75N2+. The summed E-state index contributed by atoms with van der Waals surface area (Å²) < 4.78 is 4.92. The van der Waals surface area contributed by atoms with E-state index in [-0.39, 0.29) is 0 Å². The van der Waals surface area contributed by atoms with Crippen molar-refractivity contribution >= 4 is 0 Å². The largest absolute Gasteiger partial charge is 0.256 e. The number of imidazole rings is 1. The van der Waals surface area contributed by atoms with Gasteiger partial charge in [-0.1, -0.05) is 187 Å². The molecule has 2 heteroatoms. The number of unbranched alkanes of at least 4 members (excludes halogenated alkanes) is 28. The van der Waals surface area contributed by atoms with Gasteiger partial charge in [0.15, 0.2) is 0 Å². The maximum atomic E-state index is 2.55. The fourth-order valence-corrected chi connectivity index (χ4v) is 6.39. The second kappa shape index (κ2) is 29.7. The maximum absolute atomic E-state index is 2.55. The molecule has 0 radical (unpaired) electrons. The van der Waals surface area contributed by atoms with Crippen molar-refractivity contribution in [3.8, 4) is 0 Å². The Labute approximate surface area is 253 Å². The van der Waals surface area contributed by atoms with Gasteiger partial charge in [0.05, 0.1) is 13.6 Å². The predicted octanol–water partition coefficient (Wildman–Crippen LogP) is 12.6. The Kier molecular flexibility index (Phi) is 27.6. The molecule has 1 heterocycles. The van der Waals surface area contributed by atoms with Gasteiger partial charge >= 0.3 is 0 Å². The summed E-state index contributed by atoms with van der Waals surface area (Å²) in [6.45, 7) is 5.83. The Bertz CT molecular complexity index is 619. The first kappa shape index (κ1) is 37.2. The normalized spacial score (nSPS) is 11.6. The van der Waals surface area contributed by atoms with Crippen LogP contribution in [0.4, 0.5) is 0 Å². The summed E-state index contributed by atoms with van der Waals surface area (Å²) in [5, 5.41) is 0. The summed E-state index contributed by atoms with van der Waals surface area (Å²) >= 11 is 0. The Balaban J connectivity index is 1.90. The molecule has 0 N–H and O–H groups in total. The van der Waals surface area contributed by atoms with Gasteiger partial charge in [0, 0.05) is 6.42 Å². The lowest BCUT2D eigenvalue weighted by Crippen LogP contribution is -2.37. The number of rotatable bonds is 32. The van der Waals surface area contributed by atoms with Gasteiger partial charge in [-0.15, -0.1) is 0 Å².